The maximum atomic E-state index is 12.5. The van der Waals surface area contributed by atoms with Crippen LogP contribution in [0.1, 0.15) is 25.3 Å². The molecule has 21 heavy (non-hydrogen) atoms. The second-order valence-corrected chi connectivity index (χ2v) is 8.10. The Morgan fingerprint density at radius 3 is 2.43 bits per heavy atom. The van der Waals surface area contributed by atoms with E-state index in [4.69, 9.17) is 16.3 Å². The third-order valence-electron chi connectivity index (χ3n) is 3.41. The van der Waals surface area contributed by atoms with Crippen molar-refractivity contribution in [2.45, 2.75) is 24.5 Å². The number of nitriles is 1. The second kappa shape index (κ2) is 6.04. The van der Waals surface area contributed by atoms with Crippen molar-refractivity contribution in [2.75, 3.05) is 13.4 Å². The number of benzene rings is 1. The molecule has 0 aliphatic rings. The van der Waals surface area contributed by atoms with Crippen LogP contribution in [0.3, 0.4) is 0 Å². The summed E-state index contributed by atoms with van der Waals surface area (Å²) < 4.78 is 27.0. The number of hydrogen-bond donors (Lipinski definition) is 0. The average molecular weight is 330 g/mol. The quantitative estimate of drug-likeness (QED) is 0.827. The number of carbonyl (C=O) groups is 1. The number of halogens is 1. The molecule has 114 valence electrons. The number of Topliss-reactive ketones (excluding diaryl/α,β-unsaturated/α-hetero) is 1. The van der Waals surface area contributed by atoms with E-state index in [1.54, 1.807) is 6.07 Å². The normalized spacial score (nSPS) is 13.3. The summed E-state index contributed by atoms with van der Waals surface area (Å²) in [5, 5.41) is 9.66. The minimum absolute atomic E-state index is 0.259. The van der Waals surface area contributed by atoms with Crippen molar-refractivity contribution in [1.82, 2.24) is 0 Å². The molecule has 0 radical (unpaired) electrons. The average Bonchev–Trinajstić information content (AvgIpc) is 2.38. The summed E-state index contributed by atoms with van der Waals surface area (Å²) >= 11 is 5.89. The van der Waals surface area contributed by atoms with Crippen molar-refractivity contribution in [3.8, 4) is 11.8 Å². The Hall–Kier alpha value is -1.58. The molecule has 0 aromatic heterocycles. The van der Waals surface area contributed by atoms with Crippen molar-refractivity contribution in [2.24, 2.45) is 0 Å². The lowest BCUT2D eigenvalue weighted by Gasteiger charge is -2.24. The van der Waals surface area contributed by atoms with Crippen LogP contribution in [0.5, 0.6) is 5.75 Å². The van der Waals surface area contributed by atoms with Crippen LogP contribution in [-0.4, -0.2) is 32.3 Å². The molecule has 0 spiro atoms. The van der Waals surface area contributed by atoms with Crippen molar-refractivity contribution in [1.29, 1.82) is 5.26 Å². The number of ether oxygens (including phenoxy) is 1. The molecule has 1 atom stereocenters. The van der Waals surface area contributed by atoms with Gasteiger partial charge in [0.05, 0.1) is 13.2 Å². The maximum absolute atomic E-state index is 12.5. The molecule has 0 N–H and O–H groups in total. The molecule has 0 aliphatic heterocycles. The molecule has 0 saturated carbocycles. The first kappa shape index (κ1) is 17.5. The lowest BCUT2D eigenvalue weighted by atomic mass is 9.89. The van der Waals surface area contributed by atoms with Crippen LogP contribution in [0, 0.1) is 11.3 Å². The lowest BCUT2D eigenvalue weighted by molar-refractivity contribution is -0.121. The van der Waals surface area contributed by atoms with Gasteiger partial charge in [0.15, 0.2) is 15.6 Å². The Kier molecular flexibility index (Phi) is 5.03. The van der Waals surface area contributed by atoms with Gasteiger partial charge in [-0.1, -0.05) is 11.6 Å². The van der Waals surface area contributed by atoms with E-state index in [2.05, 4.69) is 0 Å². The predicted molar refractivity (Wildman–Crippen MR) is 80.3 cm³/mol. The molecule has 5 nitrogen and oxygen atoms in total. The molecule has 0 bridgehead atoms. The summed E-state index contributed by atoms with van der Waals surface area (Å²) in [5.41, 5.74) is 0.259. The summed E-state index contributed by atoms with van der Waals surface area (Å²) in [7, 11) is -2.27. The first-order valence-electron chi connectivity index (χ1n) is 6.03. The van der Waals surface area contributed by atoms with Crippen LogP contribution in [0.15, 0.2) is 18.2 Å². The van der Waals surface area contributed by atoms with Gasteiger partial charge in [-0.3, -0.25) is 4.79 Å². The van der Waals surface area contributed by atoms with E-state index in [1.165, 1.54) is 33.1 Å². The highest BCUT2D eigenvalue weighted by Gasteiger charge is 2.43. The van der Waals surface area contributed by atoms with E-state index in [0.717, 1.165) is 6.26 Å². The number of methoxy groups -OCH3 is 1. The molecular formula is C14H16ClNO4S. The van der Waals surface area contributed by atoms with Crippen LogP contribution in [0.25, 0.3) is 0 Å². The number of rotatable bonds is 5. The number of sulfone groups is 1. The SMILES string of the molecule is COc1ccc(Cl)cc1C(C#N)C(=O)C(C)(C)S(C)(=O)=O. The van der Waals surface area contributed by atoms with E-state index >= 15 is 0 Å². The van der Waals surface area contributed by atoms with E-state index < -0.39 is 26.3 Å². The zero-order chi connectivity index (χ0) is 16.4. The molecule has 7 heteroatoms. The van der Waals surface area contributed by atoms with Gasteiger partial charge < -0.3 is 4.74 Å². The molecule has 0 fully saturated rings. The molecule has 1 unspecified atom stereocenters. The Labute approximate surface area is 129 Å². The summed E-state index contributed by atoms with van der Waals surface area (Å²) in [6.07, 6.45) is 0.967. The predicted octanol–water partition coefficient (Wildman–Crippen LogP) is 2.35. The van der Waals surface area contributed by atoms with Crippen LogP contribution in [-0.2, 0) is 14.6 Å². The van der Waals surface area contributed by atoms with Crippen LogP contribution in [0.2, 0.25) is 5.02 Å². The second-order valence-electron chi connectivity index (χ2n) is 5.10. The fraction of sp³-hybridized carbons (Fsp3) is 0.429. The highest BCUT2D eigenvalue weighted by molar-refractivity contribution is 7.92. The molecule has 0 aliphatic carbocycles. The molecule has 0 amide bonds. The zero-order valence-corrected chi connectivity index (χ0v) is 13.7. The van der Waals surface area contributed by atoms with Gasteiger partial charge in [-0.05, 0) is 32.0 Å². The Bertz CT molecular complexity index is 704. The van der Waals surface area contributed by atoms with Gasteiger partial charge in [-0.2, -0.15) is 5.26 Å². The van der Waals surface area contributed by atoms with Crippen LogP contribution in [0.4, 0.5) is 0 Å². The Morgan fingerprint density at radius 1 is 1.43 bits per heavy atom. The minimum atomic E-state index is -3.67. The van der Waals surface area contributed by atoms with Gasteiger partial charge in [0.25, 0.3) is 0 Å². The highest BCUT2D eigenvalue weighted by Crippen LogP contribution is 2.34. The summed E-state index contributed by atoms with van der Waals surface area (Å²) in [6.45, 7) is 2.57. The summed E-state index contributed by atoms with van der Waals surface area (Å²) in [4.78, 5) is 12.5. The van der Waals surface area contributed by atoms with Gasteiger partial charge in [0, 0.05) is 16.8 Å². The maximum Gasteiger partial charge on any atom is 0.175 e. The summed E-state index contributed by atoms with van der Waals surface area (Å²) in [5.74, 6) is -1.68. The Morgan fingerprint density at radius 2 is 2.00 bits per heavy atom. The highest BCUT2D eigenvalue weighted by atomic mass is 35.5. The van der Waals surface area contributed by atoms with Crippen LogP contribution >= 0.6 is 11.6 Å². The molecule has 0 heterocycles. The van der Waals surface area contributed by atoms with Gasteiger partial charge in [-0.25, -0.2) is 8.42 Å². The Balaban J connectivity index is 3.44. The number of nitrogens with zero attached hydrogens (tertiary/aromatic N) is 1. The molecule has 1 rings (SSSR count). The monoisotopic (exact) mass is 329 g/mol. The largest absolute Gasteiger partial charge is 0.496 e. The fourth-order valence-electron chi connectivity index (χ4n) is 1.73. The molecular weight excluding hydrogens is 314 g/mol. The smallest absolute Gasteiger partial charge is 0.175 e. The number of carbonyl (C=O) groups excluding carboxylic acids is 1. The molecule has 1 aromatic carbocycles. The van der Waals surface area contributed by atoms with Gasteiger partial charge in [0.1, 0.15) is 16.4 Å². The molecule has 0 saturated heterocycles. The standard InChI is InChI=1S/C14H16ClNO4S/c1-14(2,21(4,18)19)13(17)11(8-16)10-7-9(15)5-6-12(10)20-3/h5-7,11H,1-4H3. The first-order chi connectivity index (χ1) is 9.56. The third-order valence-corrected chi connectivity index (χ3v) is 5.70. The van der Waals surface area contributed by atoms with E-state index in [0.29, 0.717) is 10.8 Å². The minimum Gasteiger partial charge on any atom is -0.496 e. The topological polar surface area (TPSA) is 84.2 Å². The summed E-state index contributed by atoms with van der Waals surface area (Å²) in [6, 6.07) is 6.37. The van der Waals surface area contributed by atoms with E-state index in [-0.39, 0.29) is 5.56 Å². The van der Waals surface area contributed by atoms with Gasteiger partial charge in [0.2, 0.25) is 0 Å². The van der Waals surface area contributed by atoms with Crippen LogP contribution < -0.4 is 4.74 Å². The lowest BCUT2D eigenvalue weighted by Crippen LogP contribution is -2.42. The van der Waals surface area contributed by atoms with Crippen molar-refractivity contribution >= 4 is 27.2 Å². The number of ketones is 1. The van der Waals surface area contributed by atoms with Gasteiger partial charge in [-0.15, -0.1) is 0 Å². The first-order valence-corrected chi connectivity index (χ1v) is 8.30. The number of hydrogen-bond acceptors (Lipinski definition) is 5. The van der Waals surface area contributed by atoms with Crippen molar-refractivity contribution in [3.63, 3.8) is 0 Å². The van der Waals surface area contributed by atoms with E-state index in [1.807, 2.05) is 6.07 Å². The van der Waals surface area contributed by atoms with Crippen molar-refractivity contribution < 1.29 is 17.9 Å². The van der Waals surface area contributed by atoms with Crippen molar-refractivity contribution in [3.05, 3.63) is 28.8 Å². The molecule has 1 aromatic rings. The van der Waals surface area contributed by atoms with Gasteiger partial charge >= 0.3 is 0 Å². The third kappa shape index (κ3) is 3.36. The zero-order valence-electron chi connectivity index (χ0n) is 12.2. The fourth-order valence-corrected chi connectivity index (χ4v) is 2.39. The van der Waals surface area contributed by atoms with E-state index in [9.17, 15) is 18.5 Å².